The number of rotatable bonds is 10. The minimum atomic E-state index is -0.175. The van der Waals surface area contributed by atoms with Crippen molar-refractivity contribution in [3.8, 4) is 0 Å². The van der Waals surface area contributed by atoms with Crippen molar-refractivity contribution in [1.29, 1.82) is 0 Å². The van der Waals surface area contributed by atoms with Gasteiger partial charge in [-0.05, 0) is 25.0 Å². The van der Waals surface area contributed by atoms with E-state index in [9.17, 15) is 9.59 Å². The summed E-state index contributed by atoms with van der Waals surface area (Å²) in [6, 6.07) is 3.52. The number of carbonyl (C=O) groups excluding carboxylic acids is 2. The van der Waals surface area contributed by atoms with Crippen LogP contribution in [0.3, 0.4) is 0 Å². The molecule has 2 N–H and O–H groups in total. The first-order valence-corrected chi connectivity index (χ1v) is 9.08. The van der Waals surface area contributed by atoms with Crippen LogP contribution in [0.15, 0.2) is 35.9 Å². The fraction of sp³-hybridized carbons (Fsp3) is 0.438. The first-order valence-electron chi connectivity index (χ1n) is 8.10. The van der Waals surface area contributed by atoms with Gasteiger partial charge in [-0.15, -0.1) is 22.0 Å². The molecule has 0 fully saturated rings. The summed E-state index contributed by atoms with van der Waals surface area (Å²) in [4.78, 5) is 26.6. The van der Waals surface area contributed by atoms with Gasteiger partial charge in [0.15, 0.2) is 5.82 Å². The second-order valence-corrected chi connectivity index (χ2v) is 6.51. The Balaban J connectivity index is 1.53. The molecule has 2 aromatic heterocycles. The molecule has 0 aromatic carbocycles. The van der Waals surface area contributed by atoms with Crippen LogP contribution in [0.4, 0.5) is 5.82 Å². The van der Waals surface area contributed by atoms with Crippen LogP contribution in [0.1, 0.15) is 26.2 Å². The molecule has 0 radical (unpaired) electrons. The standard InChI is InChI=1S/C16H22N6O2S/c1-13(23)19-14-5-6-16(21-20-14)25-11-2-4-15(24)18-7-3-9-22-10-8-17-12-22/h5-6,8,10,12H,2-4,7,9,11H2,1H3,(H,18,24)(H,19,20,23). The molecule has 0 bridgehead atoms. The topological polar surface area (TPSA) is 102 Å². The zero-order valence-electron chi connectivity index (χ0n) is 14.1. The average molecular weight is 362 g/mol. The fourth-order valence-electron chi connectivity index (χ4n) is 2.05. The maximum Gasteiger partial charge on any atom is 0.222 e. The quantitative estimate of drug-likeness (QED) is 0.493. The second kappa shape index (κ2) is 10.4. The molecule has 0 saturated heterocycles. The molecule has 0 aliphatic carbocycles. The zero-order valence-corrected chi connectivity index (χ0v) is 15.0. The predicted molar refractivity (Wildman–Crippen MR) is 96.1 cm³/mol. The SMILES string of the molecule is CC(=O)Nc1ccc(SCCCC(=O)NCCCn2ccnc2)nn1. The first-order chi connectivity index (χ1) is 12.1. The Morgan fingerprint density at radius 3 is 2.80 bits per heavy atom. The summed E-state index contributed by atoms with van der Waals surface area (Å²) in [7, 11) is 0. The third kappa shape index (κ3) is 7.79. The molecule has 2 amide bonds. The molecule has 9 heteroatoms. The van der Waals surface area contributed by atoms with Gasteiger partial charge in [-0.1, -0.05) is 0 Å². The Kier molecular flexibility index (Phi) is 7.90. The van der Waals surface area contributed by atoms with E-state index in [1.165, 1.54) is 6.92 Å². The van der Waals surface area contributed by atoms with Crippen molar-refractivity contribution in [3.05, 3.63) is 30.9 Å². The molecule has 0 saturated carbocycles. The van der Waals surface area contributed by atoms with Gasteiger partial charge >= 0.3 is 0 Å². The summed E-state index contributed by atoms with van der Waals surface area (Å²) in [6.07, 6.45) is 7.57. The van der Waals surface area contributed by atoms with Crippen LogP contribution < -0.4 is 10.6 Å². The molecule has 0 atom stereocenters. The van der Waals surface area contributed by atoms with E-state index in [0.717, 1.165) is 30.2 Å². The Labute approximate surface area is 150 Å². The summed E-state index contributed by atoms with van der Waals surface area (Å²) >= 11 is 1.54. The van der Waals surface area contributed by atoms with Gasteiger partial charge in [-0.2, -0.15) is 0 Å². The molecule has 25 heavy (non-hydrogen) atoms. The number of aryl methyl sites for hydroxylation is 1. The highest BCUT2D eigenvalue weighted by molar-refractivity contribution is 7.99. The molecule has 8 nitrogen and oxygen atoms in total. The van der Waals surface area contributed by atoms with E-state index in [2.05, 4.69) is 25.8 Å². The number of amides is 2. The molecule has 2 aromatic rings. The minimum Gasteiger partial charge on any atom is -0.356 e. The van der Waals surface area contributed by atoms with Crippen molar-refractivity contribution in [2.75, 3.05) is 17.6 Å². The molecule has 2 rings (SSSR count). The van der Waals surface area contributed by atoms with Crippen LogP contribution in [0.5, 0.6) is 0 Å². The first kappa shape index (κ1) is 18.9. The third-order valence-corrected chi connectivity index (χ3v) is 4.22. The average Bonchev–Trinajstić information content (AvgIpc) is 3.10. The number of aromatic nitrogens is 4. The summed E-state index contributed by atoms with van der Waals surface area (Å²) < 4.78 is 1.99. The van der Waals surface area contributed by atoms with Crippen molar-refractivity contribution in [3.63, 3.8) is 0 Å². The monoisotopic (exact) mass is 362 g/mol. The number of nitrogens with zero attached hydrogens (tertiary/aromatic N) is 4. The van der Waals surface area contributed by atoms with Crippen LogP contribution >= 0.6 is 11.8 Å². The van der Waals surface area contributed by atoms with Crippen LogP contribution in [0, 0.1) is 0 Å². The Bertz CT molecular complexity index is 660. The summed E-state index contributed by atoms with van der Waals surface area (Å²) in [5.41, 5.74) is 0. The molecule has 0 aliphatic rings. The highest BCUT2D eigenvalue weighted by atomic mass is 32.2. The molecule has 134 valence electrons. The van der Waals surface area contributed by atoms with Crippen LogP contribution in [-0.4, -0.2) is 43.9 Å². The molecule has 0 aliphatic heterocycles. The number of anilines is 1. The van der Waals surface area contributed by atoms with Crippen molar-refractivity contribution < 1.29 is 9.59 Å². The number of hydrogen-bond donors (Lipinski definition) is 2. The third-order valence-electron chi connectivity index (χ3n) is 3.22. The van der Waals surface area contributed by atoms with Crippen molar-refractivity contribution in [2.45, 2.75) is 37.8 Å². The van der Waals surface area contributed by atoms with Crippen molar-refractivity contribution in [2.24, 2.45) is 0 Å². The molecule has 0 unspecified atom stereocenters. The van der Waals surface area contributed by atoms with Gasteiger partial charge in [0.1, 0.15) is 5.03 Å². The van der Waals surface area contributed by atoms with Gasteiger partial charge in [0.2, 0.25) is 11.8 Å². The van der Waals surface area contributed by atoms with Crippen molar-refractivity contribution in [1.82, 2.24) is 25.1 Å². The van der Waals surface area contributed by atoms with Gasteiger partial charge in [0, 0.05) is 44.6 Å². The van der Waals surface area contributed by atoms with E-state index in [0.29, 0.717) is 18.8 Å². The highest BCUT2D eigenvalue weighted by Crippen LogP contribution is 2.16. The largest absolute Gasteiger partial charge is 0.356 e. The molecule has 0 spiro atoms. The Morgan fingerprint density at radius 1 is 1.24 bits per heavy atom. The lowest BCUT2D eigenvalue weighted by atomic mass is 10.3. The Hall–Kier alpha value is -2.42. The Morgan fingerprint density at radius 2 is 2.12 bits per heavy atom. The van der Waals surface area contributed by atoms with Crippen LogP contribution in [-0.2, 0) is 16.1 Å². The van der Waals surface area contributed by atoms with E-state index in [1.807, 2.05) is 10.8 Å². The molecular formula is C16H22N6O2S. The number of carbonyl (C=O) groups is 2. The smallest absolute Gasteiger partial charge is 0.222 e. The van der Waals surface area contributed by atoms with Gasteiger partial charge in [-0.3, -0.25) is 9.59 Å². The zero-order chi connectivity index (χ0) is 17.9. The lowest BCUT2D eigenvalue weighted by Gasteiger charge is -2.06. The number of nitrogens with one attached hydrogen (secondary N) is 2. The van der Waals surface area contributed by atoms with Crippen molar-refractivity contribution >= 4 is 29.4 Å². The summed E-state index contributed by atoms with van der Waals surface area (Å²) in [5.74, 6) is 1.12. The van der Waals surface area contributed by atoms with E-state index in [1.54, 1.807) is 36.4 Å². The summed E-state index contributed by atoms with van der Waals surface area (Å²) in [6.45, 7) is 2.94. The van der Waals surface area contributed by atoms with Gasteiger partial charge in [0.05, 0.1) is 6.33 Å². The van der Waals surface area contributed by atoms with Crippen LogP contribution in [0.25, 0.3) is 0 Å². The summed E-state index contributed by atoms with van der Waals surface area (Å²) in [5, 5.41) is 14.2. The maximum absolute atomic E-state index is 11.8. The predicted octanol–water partition coefficient (Wildman–Crippen LogP) is 1.71. The number of hydrogen-bond acceptors (Lipinski definition) is 6. The van der Waals surface area contributed by atoms with Gasteiger partial charge in [-0.25, -0.2) is 4.98 Å². The van der Waals surface area contributed by atoms with E-state index >= 15 is 0 Å². The lowest BCUT2D eigenvalue weighted by molar-refractivity contribution is -0.121. The normalized spacial score (nSPS) is 10.4. The molecular weight excluding hydrogens is 340 g/mol. The van der Waals surface area contributed by atoms with Gasteiger partial charge < -0.3 is 15.2 Å². The molecule has 2 heterocycles. The van der Waals surface area contributed by atoms with Gasteiger partial charge in [0.25, 0.3) is 0 Å². The van der Waals surface area contributed by atoms with E-state index in [-0.39, 0.29) is 11.8 Å². The second-order valence-electron chi connectivity index (χ2n) is 5.39. The highest BCUT2D eigenvalue weighted by Gasteiger charge is 2.03. The van der Waals surface area contributed by atoms with E-state index < -0.39 is 0 Å². The van der Waals surface area contributed by atoms with Crippen LogP contribution in [0.2, 0.25) is 0 Å². The lowest BCUT2D eigenvalue weighted by Crippen LogP contribution is -2.24. The fourth-order valence-corrected chi connectivity index (χ4v) is 2.81. The minimum absolute atomic E-state index is 0.0679. The number of imidazole rings is 1. The maximum atomic E-state index is 11.8. The number of thioether (sulfide) groups is 1. The van der Waals surface area contributed by atoms with E-state index in [4.69, 9.17) is 0 Å².